The number of aromatic nitrogens is 4. The summed E-state index contributed by atoms with van der Waals surface area (Å²) in [5.41, 5.74) is 0.711. The highest BCUT2D eigenvalue weighted by atomic mass is 16.2. The number of rotatable bonds is 2. The van der Waals surface area contributed by atoms with Gasteiger partial charge in [0.1, 0.15) is 0 Å². The standard InChI is InChI=1S/C21H23N5O/c27-20(25-12-11-15-5-1-2-7-17(15)14-25)10-9-19-23-24-21-18-8-4-3-6-16(18)13-22-26(19)21/h3-4,6,8-10,13,15,17H,1-2,5,7,11-12,14H2/b10-9+/t15-,17+/m1/s1. The van der Waals surface area contributed by atoms with Crippen LogP contribution in [0.3, 0.4) is 0 Å². The molecule has 2 fully saturated rings. The van der Waals surface area contributed by atoms with E-state index in [-0.39, 0.29) is 5.91 Å². The minimum atomic E-state index is 0.0663. The van der Waals surface area contributed by atoms with Crippen LogP contribution in [-0.4, -0.2) is 43.7 Å². The summed E-state index contributed by atoms with van der Waals surface area (Å²) < 4.78 is 1.69. The highest BCUT2D eigenvalue weighted by Gasteiger charge is 2.32. The average molecular weight is 361 g/mol. The van der Waals surface area contributed by atoms with Crippen molar-refractivity contribution in [3.8, 4) is 0 Å². The number of amides is 1. The summed E-state index contributed by atoms with van der Waals surface area (Å²) in [6.45, 7) is 1.77. The van der Waals surface area contributed by atoms with Crippen molar-refractivity contribution in [2.24, 2.45) is 11.8 Å². The molecule has 5 rings (SSSR count). The van der Waals surface area contributed by atoms with Crippen LogP contribution in [-0.2, 0) is 4.79 Å². The third-order valence-corrected chi connectivity index (χ3v) is 6.16. The number of carbonyl (C=O) groups is 1. The largest absolute Gasteiger partial charge is 0.339 e. The van der Waals surface area contributed by atoms with E-state index in [2.05, 4.69) is 15.3 Å². The van der Waals surface area contributed by atoms with Gasteiger partial charge in [-0.25, -0.2) is 0 Å². The molecule has 0 unspecified atom stereocenters. The van der Waals surface area contributed by atoms with Crippen molar-refractivity contribution in [1.82, 2.24) is 24.7 Å². The molecule has 2 aromatic heterocycles. The first kappa shape index (κ1) is 16.4. The van der Waals surface area contributed by atoms with Crippen LogP contribution >= 0.6 is 0 Å². The number of piperidine rings is 1. The van der Waals surface area contributed by atoms with E-state index in [0.29, 0.717) is 17.4 Å². The Morgan fingerprint density at radius 3 is 2.85 bits per heavy atom. The van der Waals surface area contributed by atoms with Crippen molar-refractivity contribution >= 4 is 28.4 Å². The summed E-state index contributed by atoms with van der Waals surface area (Å²) in [4.78, 5) is 14.7. The van der Waals surface area contributed by atoms with Crippen LogP contribution in [0, 0.1) is 11.8 Å². The van der Waals surface area contributed by atoms with Crippen LogP contribution in [0.4, 0.5) is 0 Å². The molecule has 1 amide bonds. The molecule has 1 aliphatic carbocycles. The first-order valence-corrected chi connectivity index (χ1v) is 9.86. The van der Waals surface area contributed by atoms with Gasteiger partial charge < -0.3 is 4.90 Å². The van der Waals surface area contributed by atoms with Gasteiger partial charge in [0.05, 0.1) is 6.20 Å². The maximum Gasteiger partial charge on any atom is 0.246 e. The molecule has 0 N–H and O–H groups in total. The van der Waals surface area contributed by atoms with Crippen molar-refractivity contribution in [1.29, 1.82) is 0 Å². The molecule has 0 spiro atoms. The van der Waals surface area contributed by atoms with Crippen molar-refractivity contribution in [2.45, 2.75) is 32.1 Å². The molecular weight excluding hydrogens is 338 g/mol. The molecule has 6 heteroatoms. The predicted octanol–water partition coefficient (Wildman–Crippen LogP) is 3.33. The van der Waals surface area contributed by atoms with E-state index in [1.54, 1.807) is 22.9 Å². The number of benzene rings is 1. The van der Waals surface area contributed by atoms with E-state index in [9.17, 15) is 4.79 Å². The van der Waals surface area contributed by atoms with E-state index < -0.39 is 0 Å². The minimum Gasteiger partial charge on any atom is -0.339 e. The van der Waals surface area contributed by atoms with Gasteiger partial charge in [0, 0.05) is 29.9 Å². The summed E-state index contributed by atoms with van der Waals surface area (Å²) >= 11 is 0. The minimum absolute atomic E-state index is 0.0663. The maximum atomic E-state index is 12.7. The second-order valence-electron chi connectivity index (χ2n) is 7.74. The molecule has 3 aromatic rings. The van der Waals surface area contributed by atoms with Crippen molar-refractivity contribution in [3.05, 3.63) is 42.4 Å². The Morgan fingerprint density at radius 1 is 1.07 bits per heavy atom. The Kier molecular flexibility index (Phi) is 4.11. The highest BCUT2D eigenvalue weighted by molar-refractivity contribution is 5.94. The Labute approximate surface area is 157 Å². The van der Waals surface area contributed by atoms with Gasteiger partial charge in [-0.3, -0.25) is 4.79 Å². The normalized spacial score (nSPS) is 23.2. The van der Waals surface area contributed by atoms with Gasteiger partial charge in [0.15, 0.2) is 11.5 Å². The van der Waals surface area contributed by atoms with Gasteiger partial charge in [-0.15, -0.1) is 10.2 Å². The monoisotopic (exact) mass is 361 g/mol. The Morgan fingerprint density at radius 2 is 1.93 bits per heavy atom. The fourth-order valence-electron chi connectivity index (χ4n) is 4.66. The SMILES string of the molecule is O=C(/C=C/c1nnc2c3ccccc3cnn12)N1CC[C@H]2CCCC[C@H]2C1. The molecule has 1 saturated heterocycles. The number of fused-ring (bicyclic) bond motifs is 4. The molecule has 3 heterocycles. The van der Waals surface area contributed by atoms with Gasteiger partial charge in [0.2, 0.25) is 5.91 Å². The molecule has 6 nitrogen and oxygen atoms in total. The third kappa shape index (κ3) is 2.99. The zero-order valence-electron chi connectivity index (χ0n) is 15.3. The molecule has 0 radical (unpaired) electrons. The van der Waals surface area contributed by atoms with Gasteiger partial charge in [0.25, 0.3) is 0 Å². The first-order chi connectivity index (χ1) is 13.3. The molecule has 0 bridgehead atoms. The first-order valence-electron chi connectivity index (χ1n) is 9.86. The quantitative estimate of drug-likeness (QED) is 0.657. The predicted molar refractivity (Wildman–Crippen MR) is 104 cm³/mol. The van der Waals surface area contributed by atoms with Crippen LogP contribution in [0.15, 0.2) is 36.5 Å². The lowest BCUT2D eigenvalue weighted by atomic mass is 9.75. The molecule has 2 aliphatic rings. The van der Waals surface area contributed by atoms with E-state index in [0.717, 1.165) is 36.2 Å². The number of hydrogen-bond acceptors (Lipinski definition) is 4. The Hall–Kier alpha value is -2.76. The maximum absolute atomic E-state index is 12.7. The molecule has 138 valence electrons. The third-order valence-electron chi connectivity index (χ3n) is 6.16. The Balaban J connectivity index is 1.36. The molecule has 1 saturated carbocycles. The number of nitrogens with zero attached hydrogens (tertiary/aromatic N) is 5. The van der Waals surface area contributed by atoms with Crippen LogP contribution in [0.2, 0.25) is 0 Å². The molecule has 1 aromatic carbocycles. The summed E-state index contributed by atoms with van der Waals surface area (Å²) in [6, 6.07) is 7.97. The van der Waals surface area contributed by atoms with Crippen LogP contribution < -0.4 is 0 Å². The smallest absolute Gasteiger partial charge is 0.246 e. The zero-order valence-corrected chi connectivity index (χ0v) is 15.3. The van der Waals surface area contributed by atoms with Gasteiger partial charge in [-0.05, 0) is 30.8 Å². The van der Waals surface area contributed by atoms with Gasteiger partial charge in [-0.1, -0.05) is 43.5 Å². The van der Waals surface area contributed by atoms with E-state index in [1.165, 1.54) is 25.7 Å². The molecule has 27 heavy (non-hydrogen) atoms. The lowest BCUT2D eigenvalue weighted by Gasteiger charge is -2.41. The zero-order chi connectivity index (χ0) is 18.2. The number of likely N-dealkylation sites (tertiary alicyclic amines) is 1. The van der Waals surface area contributed by atoms with E-state index >= 15 is 0 Å². The van der Waals surface area contributed by atoms with Gasteiger partial charge >= 0.3 is 0 Å². The Bertz CT molecular complexity index is 1020. The lowest BCUT2D eigenvalue weighted by molar-refractivity contribution is -0.128. The van der Waals surface area contributed by atoms with E-state index in [1.807, 2.05) is 29.2 Å². The van der Waals surface area contributed by atoms with Crippen LogP contribution in [0.1, 0.15) is 37.9 Å². The lowest BCUT2D eigenvalue weighted by Crippen LogP contribution is -2.44. The second-order valence-corrected chi connectivity index (χ2v) is 7.74. The average Bonchev–Trinajstić information content (AvgIpc) is 3.15. The highest BCUT2D eigenvalue weighted by Crippen LogP contribution is 2.36. The number of carbonyl (C=O) groups excluding carboxylic acids is 1. The fourth-order valence-corrected chi connectivity index (χ4v) is 4.66. The molecular formula is C21H23N5O. The fraction of sp³-hybridized carbons (Fsp3) is 0.429. The topological polar surface area (TPSA) is 63.4 Å². The van der Waals surface area contributed by atoms with Crippen LogP contribution in [0.25, 0.3) is 22.5 Å². The summed E-state index contributed by atoms with van der Waals surface area (Å²) in [5.74, 6) is 2.16. The summed E-state index contributed by atoms with van der Waals surface area (Å²) in [5, 5.41) is 14.9. The van der Waals surface area contributed by atoms with Crippen molar-refractivity contribution in [3.63, 3.8) is 0 Å². The van der Waals surface area contributed by atoms with Gasteiger partial charge in [-0.2, -0.15) is 9.61 Å². The molecule has 2 atom stereocenters. The van der Waals surface area contributed by atoms with Crippen LogP contribution in [0.5, 0.6) is 0 Å². The summed E-state index contributed by atoms with van der Waals surface area (Å²) in [7, 11) is 0. The molecule has 1 aliphatic heterocycles. The van der Waals surface area contributed by atoms with Crippen molar-refractivity contribution in [2.75, 3.05) is 13.1 Å². The van der Waals surface area contributed by atoms with Crippen molar-refractivity contribution < 1.29 is 4.79 Å². The van der Waals surface area contributed by atoms with E-state index in [4.69, 9.17) is 0 Å². The second kappa shape index (κ2) is 6.76. The number of hydrogen-bond donors (Lipinski definition) is 0. The summed E-state index contributed by atoms with van der Waals surface area (Å²) in [6.07, 6.45) is 11.6.